The van der Waals surface area contributed by atoms with Crippen LogP contribution < -0.4 is 10.1 Å². The Labute approximate surface area is 150 Å². The predicted molar refractivity (Wildman–Crippen MR) is 101 cm³/mol. The number of nitrogens with one attached hydrogen (secondary N) is 1. The van der Waals surface area contributed by atoms with Crippen molar-refractivity contribution < 1.29 is 9.53 Å². The second-order valence-electron chi connectivity index (χ2n) is 8.02. The first kappa shape index (κ1) is 17.5. The average Bonchev–Trinajstić information content (AvgIpc) is 2.54. The molecule has 2 atom stereocenters. The summed E-state index contributed by atoms with van der Waals surface area (Å²) in [5.41, 5.74) is 0.972. The Balaban J connectivity index is 1.61. The summed E-state index contributed by atoms with van der Waals surface area (Å²) >= 11 is 0. The van der Waals surface area contributed by atoms with Gasteiger partial charge in [-0.2, -0.15) is 0 Å². The summed E-state index contributed by atoms with van der Waals surface area (Å²) in [6.07, 6.45) is 3.33. The van der Waals surface area contributed by atoms with Crippen molar-refractivity contribution in [3.63, 3.8) is 0 Å². The molecule has 1 aliphatic rings. The molecule has 0 unspecified atom stereocenters. The van der Waals surface area contributed by atoms with Gasteiger partial charge in [0.25, 0.3) is 5.91 Å². The van der Waals surface area contributed by atoms with Gasteiger partial charge in [0.1, 0.15) is 11.5 Å². The summed E-state index contributed by atoms with van der Waals surface area (Å²) in [6.45, 7) is 6.85. The zero-order chi connectivity index (χ0) is 17.9. The molecule has 3 heteroatoms. The maximum atomic E-state index is 12.5. The molecular formula is C22H27NO2. The molecule has 0 radical (unpaired) electrons. The predicted octanol–water partition coefficient (Wildman–Crippen LogP) is 5.42. The second kappa shape index (κ2) is 7.30. The van der Waals surface area contributed by atoms with Crippen LogP contribution in [0.25, 0.3) is 0 Å². The molecule has 1 amide bonds. The number of ether oxygens (including phenoxy) is 1. The first-order valence-electron chi connectivity index (χ1n) is 9.05. The highest BCUT2D eigenvalue weighted by molar-refractivity contribution is 5.94. The molecular weight excluding hydrogens is 310 g/mol. The molecule has 1 aliphatic carbocycles. The lowest BCUT2D eigenvalue weighted by Crippen LogP contribution is -2.42. The van der Waals surface area contributed by atoms with E-state index in [4.69, 9.17) is 4.74 Å². The molecule has 2 aromatic carbocycles. The van der Waals surface area contributed by atoms with E-state index in [1.807, 2.05) is 54.6 Å². The maximum Gasteiger partial charge on any atom is 0.251 e. The van der Waals surface area contributed by atoms with Gasteiger partial charge in [-0.05, 0) is 67.0 Å². The van der Waals surface area contributed by atoms with Crippen molar-refractivity contribution in [2.45, 2.75) is 46.1 Å². The van der Waals surface area contributed by atoms with Gasteiger partial charge in [0.05, 0.1) is 0 Å². The van der Waals surface area contributed by atoms with E-state index in [0.717, 1.165) is 24.3 Å². The molecule has 1 fully saturated rings. The molecule has 0 aromatic heterocycles. The fraction of sp³-hybridized carbons (Fsp3) is 0.409. The van der Waals surface area contributed by atoms with Crippen LogP contribution >= 0.6 is 0 Å². The van der Waals surface area contributed by atoms with Gasteiger partial charge in [-0.3, -0.25) is 4.79 Å². The Morgan fingerprint density at radius 3 is 2.28 bits per heavy atom. The monoisotopic (exact) mass is 337 g/mol. The summed E-state index contributed by atoms with van der Waals surface area (Å²) in [5, 5.41) is 3.21. The van der Waals surface area contributed by atoms with Crippen LogP contribution in [0.15, 0.2) is 54.6 Å². The Bertz CT molecular complexity index is 707. The third-order valence-electron chi connectivity index (χ3n) is 4.82. The molecule has 1 saturated carbocycles. The van der Waals surface area contributed by atoms with Crippen molar-refractivity contribution in [2.24, 2.45) is 11.3 Å². The Morgan fingerprint density at radius 2 is 1.64 bits per heavy atom. The highest BCUT2D eigenvalue weighted by Crippen LogP contribution is 2.38. The van der Waals surface area contributed by atoms with Gasteiger partial charge in [-0.25, -0.2) is 0 Å². The van der Waals surface area contributed by atoms with Gasteiger partial charge in [-0.15, -0.1) is 0 Å². The minimum Gasteiger partial charge on any atom is -0.457 e. The number of carbonyl (C=O) groups is 1. The van der Waals surface area contributed by atoms with Crippen LogP contribution in [0, 0.1) is 11.3 Å². The Kier molecular flexibility index (Phi) is 5.12. The van der Waals surface area contributed by atoms with E-state index in [1.54, 1.807) is 0 Å². The van der Waals surface area contributed by atoms with E-state index in [0.29, 0.717) is 16.9 Å². The van der Waals surface area contributed by atoms with Crippen molar-refractivity contribution in [3.05, 3.63) is 60.2 Å². The summed E-state index contributed by atoms with van der Waals surface area (Å²) in [4.78, 5) is 12.5. The number of rotatable bonds is 4. The van der Waals surface area contributed by atoms with Gasteiger partial charge >= 0.3 is 0 Å². The van der Waals surface area contributed by atoms with Crippen molar-refractivity contribution in [2.75, 3.05) is 0 Å². The van der Waals surface area contributed by atoms with E-state index in [2.05, 4.69) is 26.1 Å². The van der Waals surface area contributed by atoms with Crippen LogP contribution in [0.1, 0.15) is 50.4 Å². The van der Waals surface area contributed by atoms with Crippen molar-refractivity contribution >= 4 is 5.91 Å². The maximum absolute atomic E-state index is 12.5. The molecule has 3 nitrogen and oxygen atoms in total. The van der Waals surface area contributed by atoms with Crippen LogP contribution in [0.3, 0.4) is 0 Å². The minimum atomic E-state index is 0.00108. The molecule has 0 aliphatic heterocycles. The number of hydrogen-bond acceptors (Lipinski definition) is 2. The summed E-state index contributed by atoms with van der Waals surface area (Å²) in [7, 11) is 0. The van der Waals surface area contributed by atoms with Crippen molar-refractivity contribution in [3.8, 4) is 11.5 Å². The molecule has 3 rings (SSSR count). The highest BCUT2D eigenvalue weighted by Gasteiger charge is 2.32. The van der Waals surface area contributed by atoms with E-state index in [-0.39, 0.29) is 11.9 Å². The fourth-order valence-electron chi connectivity index (χ4n) is 4.02. The lowest BCUT2D eigenvalue weighted by molar-refractivity contribution is 0.0874. The lowest BCUT2D eigenvalue weighted by atomic mass is 9.70. The number of carbonyl (C=O) groups excluding carboxylic acids is 1. The second-order valence-corrected chi connectivity index (χ2v) is 8.02. The molecule has 25 heavy (non-hydrogen) atoms. The largest absolute Gasteiger partial charge is 0.457 e. The first-order valence-corrected chi connectivity index (χ1v) is 9.05. The minimum absolute atomic E-state index is 0.00108. The van der Waals surface area contributed by atoms with Gasteiger partial charge in [0.15, 0.2) is 0 Å². The van der Waals surface area contributed by atoms with Crippen LogP contribution in [0.2, 0.25) is 0 Å². The van der Waals surface area contributed by atoms with E-state index < -0.39 is 0 Å². The van der Waals surface area contributed by atoms with Crippen molar-refractivity contribution in [1.82, 2.24) is 5.32 Å². The molecule has 1 N–H and O–H groups in total. The van der Waals surface area contributed by atoms with Crippen LogP contribution in [0.5, 0.6) is 11.5 Å². The van der Waals surface area contributed by atoms with Crippen LogP contribution in [-0.2, 0) is 0 Å². The number of para-hydroxylation sites is 1. The number of hydrogen-bond donors (Lipinski definition) is 1. The average molecular weight is 337 g/mol. The van der Waals surface area contributed by atoms with Crippen LogP contribution in [-0.4, -0.2) is 11.9 Å². The SMILES string of the molecule is C[C@H]1C[C@@H](NC(=O)c2ccc(Oc3ccccc3)cc2)CC(C)(C)C1. The molecule has 0 spiro atoms. The zero-order valence-corrected chi connectivity index (χ0v) is 15.3. The normalized spacial score (nSPS) is 22.2. The summed E-state index contributed by atoms with van der Waals surface area (Å²) in [6, 6.07) is 17.2. The number of amides is 1. The van der Waals surface area contributed by atoms with Crippen LogP contribution in [0.4, 0.5) is 0 Å². The molecule has 132 valence electrons. The third-order valence-corrected chi connectivity index (χ3v) is 4.82. The third kappa shape index (κ3) is 4.85. The van der Waals surface area contributed by atoms with Gasteiger partial charge in [-0.1, -0.05) is 39.0 Å². The van der Waals surface area contributed by atoms with E-state index in [1.165, 1.54) is 6.42 Å². The van der Waals surface area contributed by atoms with E-state index >= 15 is 0 Å². The fourth-order valence-corrected chi connectivity index (χ4v) is 4.02. The molecule has 2 aromatic rings. The van der Waals surface area contributed by atoms with Gasteiger partial charge in [0.2, 0.25) is 0 Å². The number of benzene rings is 2. The lowest BCUT2D eigenvalue weighted by Gasteiger charge is -2.39. The Morgan fingerprint density at radius 1 is 1.00 bits per heavy atom. The summed E-state index contributed by atoms with van der Waals surface area (Å²) < 4.78 is 5.77. The zero-order valence-electron chi connectivity index (χ0n) is 15.3. The smallest absolute Gasteiger partial charge is 0.251 e. The topological polar surface area (TPSA) is 38.3 Å². The quantitative estimate of drug-likeness (QED) is 0.808. The van der Waals surface area contributed by atoms with Crippen molar-refractivity contribution in [1.29, 1.82) is 0 Å². The first-order chi connectivity index (χ1) is 11.9. The van der Waals surface area contributed by atoms with E-state index in [9.17, 15) is 4.79 Å². The standard InChI is InChI=1S/C22H27NO2/c1-16-13-18(15-22(2,3)14-16)23-21(24)17-9-11-20(12-10-17)25-19-7-5-4-6-8-19/h4-12,16,18H,13-15H2,1-3H3,(H,23,24)/t16-,18+/m0/s1. The molecule has 0 bridgehead atoms. The van der Waals surface area contributed by atoms with Gasteiger partial charge in [0, 0.05) is 11.6 Å². The highest BCUT2D eigenvalue weighted by atomic mass is 16.5. The molecule has 0 saturated heterocycles. The summed E-state index contributed by atoms with van der Waals surface area (Å²) in [5.74, 6) is 2.17. The van der Waals surface area contributed by atoms with Gasteiger partial charge < -0.3 is 10.1 Å². The molecule has 0 heterocycles. The Hall–Kier alpha value is -2.29.